The lowest BCUT2D eigenvalue weighted by atomic mass is 10.1. The molecule has 1 aromatic heterocycles. The molecule has 0 aliphatic heterocycles. The highest BCUT2D eigenvalue weighted by Crippen LogP contribution is 2.34. The summed E-state index contributed by atoms with van der Waals surface area (Å²) in [5, 5.41) is 2.96. The number of thiophene rings is 1. The molecule has 1 heterocycles. The fourth-order valence-electron chi connectivity index (χ4n) is 2.64. The zero-order valence-electron chi connectivity index (χ0n) is 15.4. The summed E-state index contributed by atoms with van der Waals surface area (Å²) >= 11 is 1.53. The van der Waals surface area contributed by atoms with Crippen molar-refractivity contribution in [3.05, 3.63) is 39.1 Å². The summed E-state index contributed by atoms with van der Waals surface area (Å²) < 4.78 is 16.0. The summed E-state index contributed by atoms with van der Waals surface area (Å²) in [6, 6.07) is 5.57. The van der Waals surface area contributed by atoms with Gasteiger partial charge in [-0.25, -0.2) is 0 Å². The van der Waals surface area contributed by atoms with E-state index in [4.69, 9.17) is 14.2 Å². The van der Waals surface area contributed by atoms with Crippen LogP contribution in [0.3, 0.4) is 0 Å². The Balaban J connectivity index is 2.14. The Labute approximate surface area is 152 Å². The molecule has 2 aromatic rings. The molecule has 0 aliphatic rings. The Kier molecular flexibility index (Phi) is 6.70. The second-order valence-electron chi connectivity index (χ2n) is 5.64. The lowest BCUT2D eigenvalue weighted by Crippen LogP contribution is -2.22. The third-order valence-corrected chi connectivity index (χ3v) is 5.08. The maximum absolute atomic E-state index is 12.5. The molecule has 1 N–H and O–H groups in total. The summed E-state index contributed by atoms with van der Waals surface area (Å²) in [5.74, 6) is 1.76. The number of benzene rings is 1. The molecule has 0 radical (unpaired) electrons. The third-order valence-electron chi connectivity index (χ3n) is 3.99. The second kappa shape index (κ2) is 8.76. The summed E-state index contributed by atoms with van der Waals surface area (Å²) in [5.41, 5.74) is 2.08. The molecule has 0 aliphatic carbocycles. The van der Waals surface area contributed by atoms with E-state index in [1.165, 1.54) is 21.8 Å². The van der Waals surface area contributed by atoms with Gasteiger partial charge in [0.25, 0.3) is 5.91 Å². The van der Waals surface area contributed by atoms with E-state index in [2.05, 4.69) is 19.2 Å². The van der Waals surface area contributed by atoms with Crippen LogP contribution < -0.4 is 19.5 Å². The van der Waals surface area contributed by atoms with Gasteiger partial charge in [-0.3, -0.25) is 4.79 Å². The highest BCUT2D eigenvalue weighted by molar-refractivity contribution is 7.14. The standard InChI is InChI=1S/C19H25NO4S/c1-6-7-13-9-18(25-12(13)2)19(21)20-11-14-8-16(23-4)17(24-5)10-15(14)22-3/h8-10H,6-7,11H2,1-5H3,(H,20,21). The van der Waals surface area contributed by atoms with E-state index < -0.39 is 0 Å². The van der Waals surface area contributed by atoms with Gasteiger partial charge in [0, 0.05) is 23.1 Å². The SMILES string of the molecule is CCCc1cc(C(=O)NCc2cc(OC)c(OC)cc2OC)sc1C. The van der Waals surface area contributed by atoms with Crippen LogP contribution in [0.1, 0.15) is 39.0 Å². The largest absolute Gasteiger partial charge is 0.496 e. The summed E-state index contributed by atoms with van der Waals surface area (Å²) in [7, 11) is 4.74. The van der Waals surface area contributed by atoms with Gasteiger partial charge in [0.05, 0.1) is 26.2 Å². The van der Waals surface area contributed by atoms with Gasteiger partial charge in [0.1, 0.15) is 5.75 Å². The Morgan fingerprint density at radius 3 is 2.24 bits per heavy atom. The highest BCUT2D eigenvalue weighted by atomic mass is 32.1. The summed E-state index contributed by atoms with van der Waals surface area (Å²) in [6.45, 7) is 4.55. The molecule has 2 rings (SSSR count). The van der Waals surface area contributed by atoms with Crippen LogP contribution in [-0.4, -0.2) is 27.2 Å². The summed E-state index contributed by atoms with van der Waals surface area (Å²) in [4.78, 5) is 14.4. The number of nitrogens with one attached hydrogen (secondary N) is 1. The Morgan fingerprint density at radius 2 is 1.64 bits per heavy atom. The first kappa shape index (κ1) is 19.1. The van der Waals surface area contributed by atoms with Gasteiger partial charge in [0.2, 0.25) is 0 Å². The Hall–Kier alpha value is -2.21. The zero-order valence-corrected chi connectivity index (χ0v) is 16.2. The van der Waals surface area contributed by atoms with Crippen molar-refractivity contribution in [2.45, 2.75) is 33.2 Å². The minimum atomic E-state index is -0.0766. The van der Waals surface area contributed by atoms with Crippen molar-refractivity contribution in [3.63, 3.8) is 0 Å². The number of hydrogen-bond donors (Lipinski definition) is 1. The van der Waals surface area contributed by atoms with Gasteiger partial charge in [0.15, 0.2) is 11.5 Å². The van der Waals surface area contributed by atoms with Crippen molar-refractivity contribution < 1.29 is 19.0 Å². The van der Waals surface area contributed by atoms with E-state index in [1.54, 1.807) is 27.4 Å². The molecule has 6 heteroatoms. The van der Waals surface area contributed by atoms with E-state index in [0.717, 1.165) is 23.3 Å². The van der Waals surface area contributed by atoms with Crippen molar-refractivity contribution in [1.29, 1.82) is 0 Å². The molecule has 25 heavy (non-hydrogen) atoms. The molecule has 1 aromatic carbocycles. The van der Waals surface area contributed by atoms with Crippen LogP contribution in [0.5, 0.6) is 17.2 Å². The number of hydrogen-bond acceptors (Lipinski definition) is 5. The van der Waals surface area contributed by atoms with Gasteiger partial charge in [-0.2, -0.15) is 0 Å². The number of aryl methyl sites for hydroxylation is 2. The molecule has 1 amide bonds. The maximum Gasteiger partial charge on any atom is 0.261 e. The first-order valence-corrected chi connectivity index (χ1v) is 9.02. The van der Waals surface area contributed by atoms with Crippen LogP contribution in [0.25, 0.3) is 0 Å². The fraction of sp³-hybridized carbons (Fsp3) is 0.421. The minimum absolute atomic E-state index is 0.0766. The highest BCUT2D eigenvalue weighted by Gasteiger charge is 2.15. The quantitative estimate of drug-likeness (QED) is 0.771. The number of amides is 1. The molecule has 0 saturated carbocycles. The number of ether oxygens (including phenoxy) is 3. The molecule has 0 bridgehead atoms. The average Bonchev–Trinajstić information content (AvgIpc) is 2.99. The topological polar surface area (TPSA) is 56.8 Å². The predicted octanol–water partition coefficient (Wildman–Crippen LogP) is 3.96. The van der Waals surface area contributed by atoms with Gasteiger partial charge in [-0.05, 0) is 31.0 Å². The molecule has 0 atom stereocenters. The minimum Gasteiger partial charge on any atom is -0.496 e. The van der Waals surface area contributed by atoms with Crippen LogP contribution >= 0.6 is 11.3 Å². The molecule has 5 nitrogen and oxygen atoms in total. The predicted molar refractivity (Wildman–Crippen MR) is 100 cm³/mol. The third kappa shape index (κ3) is 4.45. The van der Waals surface area contributed by atoms with Crippen LogP contribution in [-0.2, 0) is 13.0 Å². The normalized spacial score (nSPS) is 10.4. The number of methoxy groups -OCH3 is 3. The van der Waals surface area contributed by atoms with Crippen molar-refractivity contribution in [2.75, 3.05) is 21.3 Å². The van der Waals surface area contributed by atoms with Crippen molar-refractivity contribution in [2.24, 2.45) is 0 Å². The van der Waals surface area contributed by atoms with Crippen LogP contribution in [0.15, 0.2) is 18.2 Å². The zero-order chi connectivity index (χ0) is 18.4. The Morgan fingerprint density at radius 1 is 1.00 bits per heavy atom. The molecule has 0 fully saturated rings. The van der Waals surface area contributed by atoms with Crippen LogP contribution in [0.4, 0.5) is 0 Å². The van der Waals surface area contributed by atoms with Crippen molar-refractivity contribution in [3.8, 4) is 17.2 Å². The number of rotatable bonds is 8. The van der Waals surface area contributed by atoms with Crippen LogP contribution in [0, 0.1) is 6.92 Å². The molecular weight excluding hydrogens is 338 g/mol. The average molecular weight is 363 g/mol. The number of carbonyl (C=O) groups is 1. The van der Waals surface area contributed by atoms with E-state index in [1.807, 2.05) is 12.1 Å². The molecule has 0 unspecified atom stereocenters. The van der Waals surface area contributed by atoms with E-state index in [9.17, 15) is 4.79 Å². The fourth-order valence-corrected chi connectivity index (χ4v) is 3.63. The van der Waals surface area contributed by atoms with E-state index >= 15 is 0 Å². The molecule has 0 spiro atoms. The molecular formula is C19H25NO4S. The monoisotopic (exact) mass is 363 g/mol. The van der Waals surface area contributed by atoms with Crippen molar-refractivity contribution >= 4 is 17.2 Å². The maximum atomic E-state index is 12.5. The lowest BCUT2D eigenvalue weighted by Gasteiger charge is -2.14. The second-order valence-corrected chi connectivity index (χ2v) is 6.90. The number of carbonyl (C=O) groups excluding carboxylic acids is 1. The van der Waals surface area contributed by atoms with E-state index in [0.29, 0.717) is 23.8 Å². The van der Waals surface area contributed by atoms with E-state index in [-0.39, 0.29) is 5.91 Å². The van der Waals surface area contributed by atoms with Crippen molar-refractivity contribution in [1.82, 2.24) is 5.32 Å². The van der Waals surface area contributed by atoms with Gasteiger partial charge < -0.3 is 19.5 Å². The van der Waals surface area contributed by atoms with Gasteiger partial charge >= 0.3 is 0 Å². The summed E-state index contributed by atoms with van der Waals surface area (Å²) in [6.07, 6.45) is 2.07. The Bertz CT molecular complexity index is 739. The van der Waals surface area contributed by atoms with Crippen LogP contribution in [0.2, 0.25) is 0 Å². The van der Waals surface area contributed by atoms with Gasteiger partial charge in [-0.15, -0.1) is 11.3 Å². The smallest absolute Gasteiger partial charge is 0.261 e. The first-order valence-electron chi connectivity index (χ1n) is 8.20. The first-order chi connectivity index (χ1) is 12.0. The van der Waals surface area contributed by atoms with Gasteiger partial charge in [-0.1, -0.05) is 13.3 Å². The molecule has 136 valence electrons. The molecule has 0 saturated heterocycles. The lowest BCUT2D eigenvalue weighted by molar-refractivity contribution is 0.0954.